The topological polar surface area (TPSA) is 31.1 Å². The molecule has 2 N–H and O–H groups in total. The molecule has 0 spiro atoms. The summed E-state index contributed by atoms with van der Waals surface area (Å²) < 4.78 is 0. The summed E-state index contributed by atoms with van der Waals surface area (Å²) in [5, 5.41) is 5.50. The SMILES string of the molecule is CC(CNCc1[nH]c2ccccc2c1Cl)CN1CCCC1. The minimum absolute atomic E-state index is 0.672. The zero-order chi connectivity index (χ0) is 14.7. The van der Waals surface area contributed by atoms with Crippen LogP contribution < -0.4 is 5.32 Å². The zero-order valence-corrected chi connectivity index (χ0v) is 13.4. The van der Waals surface area contributed by atoms with Crippen molar-refractivity contribution in [3.05, 3.63) is 35.0 Å². The van der Waals surface area contributed by atoms with E-state index in [9.17, 15) is 0 Å². The lowest BCUT2D eigenvalue weighted by Gasteiger charge is -2.20. The largest absolute Gasteiger partial charge is 0.356 e. The van der Waals surface area contributed by atoms with Gasteiger partial charge in [0.05, 0.1) is 5.02 Å². The van der Waals surface area contributed by atoms with E-state index in [1.165, 1.54) is 32.5 Å². The van der Waals surface area contributed by atoms with Crippen LogP contribution in [0.3, 0.4) is 0 Å². The van der Waals surface area contributed by atoms with Crippen molar-refractivity contribution in [1.82, 2.24) is 15.2 Å². The van der Waals surface area contributed by atoms with Crippen LogP contribution >= 0.6 is 11.6 Å². The molecule has 1 fully saturated rings. The van der Waals surface area contributed by atoms with E-state index in [-0.39, 0.29) is 0 Å². The molecule has 1 aliphatic heterocycles. The molecule has 1 unspecified atom stereocenters. The second kappa shape index (κ2) is 6.82. The van der Waals surface area contributed by atoms with Gasteiger partial charge in [-0.1, -0.05) is 36.7 Å². The first-order valence-corrected chi connectivity index (χ1v) is 8.30. The smallest absolute Gasteiger partial charge is 0.0705 e. The van der Waals surface area contributed by atoms with Crippen molar-refractivity contribution in [2.75, 3.05) is 26.2 Å². The molecular weight excluding hydrogens is 282 g/mol. The van der Waals surface area contributed by atoms with Crippen molar-refractivity contribution in [2.45, 2.75) is 26.3 Å². The van der Waals surface area contributed by atoms with Crippen LogP contribution in [-0.2, 0) is 6.54 Å². The Hall–Kier alpha value is -1.03. The Bertz CT molecular complexity index is 587. The molecule has 2 heterocycles. The Morgan fingerprint density at radius 1 is 1.29 bits per heavy atom. The maximum absolute atomic E-state index is 6.43. The van der Waals surface area contributed by atoms with Gasteiger partial charge in [0.1, 0.15) is 0 Å². The van der Waals surface area contributed by atoms with Crippen molar-refractivity contribution < 1.29 is 0 Å². The van der Waals surface area contributed by atoms with E-state index >= 15 is 0 Å². The van der Waals surface area contributed by atoms with Gasteiger partial charge in [-0.05, 0) is 44.5 Å². The Balaban J connectivity index is 1.50. The maximum Gasteiger partial charge on any atom is 0.0705 e. The molecule has 0 radical (unpaired) electrons. The van der Waals surface area contributed by atoms with Crippen LogP contribution in [0.1, 0.15) is 25.5 Å². The number of fused-ring (bicyclic) bond motifs is 1. The summed E-state index contributed by atoms with van der Waals surface area (Å²) in [6.45, 7) is 7.90. The molecule has 0 amide bonds. The molecule has 1 aliphatic rings. The number of hydrogen-bond donors (Lipinski definition) is 2. The third-order valence-electron chi connectivity index (χ3n) is 4.28. The fourth-order valence-corrected chi connectivity index (χ4v) is 3.48. The highest BCUT2D eigenvalue weighted by Crippen LogP contribution is 2.26. The predicted molar refractivity (Wildman–Crippen MR) is 89.9 cm³/mol. The molecule has 0 bridgehead atoms. The number of aromatic nitrogens is 1. The predicted octanol–water partition coefficient (Wildman–Crippen LogP) is 3.64. The molecule has 0 saturated carbocycles. The number of hydrogen-bond acceptors (Lipinski definition) is 2. The van der Waals surface area contributed by atoms with E-state index in [1.807, 2.05) is 12.1 Å². The molecule has 1 aromatic heterocycles. The lowest BCUT2D eigenvalue weighted by Crippen LogP contribution is -2.31. The number of nitrogens with one attached hydrogen (secondary N) is 2. The van der Waals surface area contributed by atoms with E-state index in [1.54, 1.807) is 0 Å². The first kappa shape index (κ1) is 14.9. The minimum atomic E-state index is 0.672. The third kappa shape index (κ3) is 3.60. The second-order valence-corrected chi connectivity index (χ2v) is 6.58. The maximum atomic E-state index is 6.43. The van der Waals surface area contributed by atoms with Gasteiger partial charge in [0, 0.05) is 29.7 Å². The van der Waals surface area contributed by atoms with Crippen molar-refractivity contribution in [2.24, 2.45) is 5.92 Å². The van der Waals surface area contributed by atoms with Crippen molar-refractivity contribution in [3.63, 3.8) is 0 Å². The van der Waals surface area contributed by atoms with Gasteiger partial charge >= 0.3 is 0 Å². The average Bonchev–Trinajstić information content (AvgIpc) is 3.09. The van der Waals surface area contributed by atoms with E-state index in [2.05, 4.69) is 34.3 Å². The van der Waals surface area contributed by atoms with Gasteiger partial charge in [0.15, 0.2) is 0 Å². The Labute approximate surface area is 131 Å². The Kier molecular flexibility index (Phi) is 4.84. The molecule has 2 aromatic rings. The van der Waals surface area contributed by atoms with E-state index in [4.69, 9.17) is 11.6 Å². The monoisotopic (exact) mass is 305 g/mol. The Morgan fingerprint density at radius 2 is 2.05 bits per heavy atom. The molecule has 3 rings (SSSR count). The first-order chi connectivity index (χ1) is 10.2. The molecule has 3 nitrogen and oxygen atoms in total. The van der Waals surface area contributed by atoms with Gasteiger partial charge in [0.25, 0.3) is 0 Å². The highest BCUT2D eigenvalue weighted by molar-refractivity contribution is 6.36. The highest BCUT2D eigenvalue weighted by Gasteiger charge is 2.14. The summed E-state index contributed by atoms with van der Waals surface area (Å²) in [4.78, 5) is 5.98. The normalized spacial score (nSPS) is 17.6. The van der Waals surface area contributed by atoms with Gasteiger partial charge in [-0.25, -0.2) is 0 Å². The lowest BCUT2D eigenvalue weighted by atomic mass is 10.1. The minimum Gasteiger partial charge on any atom is -0.356 e. The van der Waals surface area contributed by atoms with Gasteiger partial charge in [-0.3, -0.25) is 0 Å². The number of benzene rings is 1. The van der Waals surface area contributed by atoms with Crippen LogP contribution in [0.4, 0.5) is 0 Å². The number of likely N-dealkylation sites (tertiary alicyclic amines) is 1. The molecule has 1 aromatic carbocycles. The fourth-order valence-electron chi connectivity index (χ4n) is 3.20. The molecule has 1 saturated heterocycles. The number of halogens is 1. The van der Waals surface area contributed by atoms with Crippen LogP contribution in [0.2, 0.25) is 5.02 Å². The van der Waals surface area contributed by atoms with E-state index in [0.29, 0.717) is 5.92 Å². The molecule has 21 heavy (non-hydrogen) atoms. The van der Waals surface area contributed by atoms with Crippen LogP contribution in [0, 0.1) is 5.92 Å². The fraction of sp³-hybridized carbons (Fsp3) is 0.529. The van der Waals surface area contributed by atoms with Gasteiger partial charge in [0.2, 0.25) is 0 Å². The van der Waals surface area contributed by atoms with E-state index in [0.717, 1.165) is 34.7 Å². The third-order valence-corrected chi connectivity index (χ3v) is 4.71. The number of H-pyrrole nitrogens is 1. The average molecular weight is 306 g/mol. The van der Waals surface area contributed by atoms with E-state index < -0.39 is 0 Å². The standard InChI is InChI=1S/C17H24ClN3/c1-13(12-21-8-4-5-9-21)10-19-11-16-17(18)14-6-2-3-7-15(14)20-16/h2-3,6-7,13,19-20H,4-5,8-12H2,1H3. The van der Waals surface area contributed by atoms with Gasteiger partial charge in [-0.15, -0.1) is 0 Å². The molecule has 114 valence electrons. The summed E-state index contributed by atoms with van der Waals surface area (Å²) in [6.07, 6.45) is 2.73. The summed E-state index contributed by atoms with van der Waals surface area (Å²) in [6, 6.07) is 8.19. The van der Waals surface area contributed by atoms with Crippen LogP contribution in [-0.4, -0.2) is 36.1 Å². The van der Waals surface area contributed by atoms with Crippen LogP contribution in [0.5, 0.6) is 0 Å². The number of aromatic amines is 1. The molecule has 1 atom stereocenters. The zero-order valence-electron chi connectivity index (χ0n) is 12.7. The van der Waals surface area contributed by atoms with Crippen molar-refractivity contribution in [3.8, 4) is 0 Å². The molecule has 0 aliphatic carbocycles. The summed E-state index contributed by atoms with van der Waals surface area (Å²) in [5.74, 6) is 0.672. The van der Waals surface area contributed by atoms with Gasteiger partial charge in [-0.2, -0.15) is 0 Å². The second-order valence-electron chi connectivity index (χ2n) is 6.21. The molecule has 4 heteroatoms. The van der Waals surface area contributed by atoms with Crippen LogP contribution in [0.15, 0.2) is 24.3 Å². The lowest BCUT2D eigenvalue weighted by molar-refractivity contribution is 0.282. The Morgan fingerprint density at radius 3 is 2.81 bits per heavy atom. The summed E-state index contributed by atoms with van der Waals surface area (Å²) >= 11 is 6.43. The van der Waals surface area contributed by atoms with Gasteiger partial charge < -0.3 is 15.2 Å². The first-order valence-electron chi connectivity index (χ1n) is 7.92. The highest BCUT2D eigenvalue weighted by atomic mass is 35.5. The number of rotatable bonds is 6. The summed E-state index contributed by atoms with van der Waals surface area (Å²) in [7, 11) is 0. The number of nitrogens with zero attached hydrogens (tertiary/aromatic N) is 1. The van der Waals surface area contributed by atoms with Crippen molar-refractivity contribution >= 4 is 22.5 Å². The van der Waals surface area contributed by atoms with Crippen LogP contribution in [0.25, 0.3) is 10.9 Å². The molecular formula is C17H24ClN3. The number of para-hydroxylation sites is 1. The van der Waals surface area contributed by atoms with Crippen molar-refractivity contribution in [1.29, 1.82) is 0 Å². The quantitative estimate of drug-likeness (QED) is 0.853. The summed E-state index contributed by atoms with van der Waals surface area (Å²) in [5.41, 5.74) is 2.20.